The van der Waals surface area contributed by atoms with E-state index in [9.17, 15) is 4.79 Å². The number of hydrogen-bond acceptors (Lipinski definition) is 4. The minimum Gasteiger partial charge on any atom is -0.497 e. The van der Waals surface area contributed by atoms with Gasteiger partial charge in [-0.05, 0) is 30.2 Å². The number of hydrazine groups is 1. The topological polar surface area (TPSA) is 54.5 Å². The summed E-state index contributed by atoms with van der Waals surface area (Å²) in [5, 5.41) is 2.92. The number of pyridine rings is 1. The molecule has 0 saturated carbocycles. The van der Waals surface area contributed by atoms with Crippen LogP contribution in [0, 0.1) is 0 Å². The van der Waals surface area contributed by atoms with Gasteiger partial charge in [0.15, 0.2) is 5.82 Å². The van der Waals surface area contributed by atoms with Gasteiger partial charge in [0.05, 0.1) is 12.6 Å². The van der Waals surface area contributed by atoms with Crippen molar-refractivity contribution in [2.45, 2.75) is 19.8 Å². The Bertz CT molecular complexity index is 669. The number of rotatable bonds is 3. The maximum absolute atomic E-state index is 11.5. The summed E-state index contributed by atoms with van der Waals surface area (Å²) in [6, 6.07) is 7.99. The monoisotopic (exact) mass is 271 g/mol. The first kappa shape index (κ1) is 12.7. The normalized spacial score (nSPS) is 13.4. The van der Waals surface area contributed by atoms with Crippen molar-refractivity contribution in [1.82, 2.24) is 10.4 Å². The maximum Gasteiger partial charge on any atom is 0.238 e. The van der Waals surface area contributed by atoms with Crippen LogP contribution in [0.4, 0.5) is 5.82 Å². The standard InChI is InChI=1S/C15H17N3O2/c1-3-14(19)17-18-7-6-11-8-10-4-5-12(20-2)9-13(10)16-15(11)18/h4-5,8-9H,3,6-7H2,1-2H3,(H,17,19). The van der Waals surface area contributed by atoms with Crippen molar-refractivity contribution in [3.63, 3.8) is 0 Å². The molecule has 104 valence electrons. The van der Waals surface area contributed by atoms with Crippen molar-refractivity contribution in [3.8, 4) is 5.75 Å². The highest BCUT2D eigenvalue weighted by atomic mass is 16.5. The van der Waals surface area contributed by atoms with Crippen LogP contribution in [0.15, 0.2) is 24.3 Å². The highest BCUT2D eigenvalue weighted by Gasteiger charge is 2.22. The highest BCUT2D eigenvalue weighted by molar-refractivity contribution is 5.85. The Morgan fingerprint density at radius 2 is 2.30 bits per heavy atom. The molecule has 1 aromatic carbocycles. The average Bonchev–Trinajstić information content (AvgIpc) is 2.86. The highest BCUT2D eigenvalue weighted by Crippen LogP contribution is 2.29. The van der Waals surface area contributed by atoms with Crippen molar-refractivity contribution in [3.05, 3.63) is 29.8 Å². The summed E-state index contributed by atoms with van der Waals surface area (Å²) in [5.41, 5.74) is 4.92. The second-order valence-corrected chi connectivity index (χ2v) is 4.82. The third-order valence-corrected chi connectivity index (χ3v) is 3.52. The summed E-state index contributed by atoms with van der Waals surface area (Å²) in [7, 11) is 1.64. The molecule has 0 fully saturated rings. The molecule has 0 spiro atoms. The SMILES string of the molecule is CCC(=O)NN1CCc2cc3ccc(OC)cc3nc21. The fourth-order valence-corrected chi connectivity index (χ4v) is 2.40. The fourth-order valence-electron chi connectivity index (χ4n) is 2.40. The number of amides is 1. The summed E-state index contributed by atoms with van der Waals surface area (Å²) >= 11 is 0. The van der Waals surface area contributed by atoms with Gasteiger partial charge in [-0.2, -0.15) is 0 Å². The molecule has 2 heterocycles. The number of fused-ring (bicyclic) bond motifs is 2. The molecule has 1 amide bonds. The number of hydrogen-bond donors (Lipinski definition) is 1. The zero-order valence-corrected chi connectivity index (χ0v) is 11.6. The van der Waals surface area contributed by atoms with Gasteiger partial charge in [0.1, 0.15) is 5.75 Å². The smallest absolute Gasteiger partial charge is 0.238 e. The Morgan fingerprint density at radius 1 is 1.45 bits per heavy atom. The van der Waals surface area contributed by atoms with Gasteiger partial charge in [-0.1, -0.05) is 6.92 Å². The molecule has 3 rings (SSSR count). The van der Waals surface area contributed by atoms with Crippen LogP contribution in [0.2, 0.25) is 0 Å². The molecule has 0 atom stereocenters. The van der Waals surface area contributed by atoms with E-state index in [0.717, 1.165) is 35.4 Å². The first-order valence-corrected chi connectivity index (χ1v) is 6.76. The number of ether oxygens (including phenoxy) is 1. The largest absolute Gasteiger partial charge is 0.497 e. The van der Waals surface area contributed by atoms with Crippen LogP contribution in [0.1, 0.15) is 18.9 Å². The van der Waals surface area contributed by atoms with Gasteiger partial charge in [0.2, 0.25) is 5.91 Å². The van der Waals surface area contributed by atoms with Crippen molar-refractivity contribution in [2.24, 2.45) is 0 Å². The number of methoxy groups -OCH3 is 1. The van der Waals surface area contributed by atoms with E-state index in [0.29, 0.717) is 6.42 Å². The second kappa shape index (κ2) is 5.00. The molecular weight excluding hydrogens is 254 g/mol. The average molecular weight is 271 g/mol. The number of carbonyl (C=O) groups is 1. The maximum atomic E-state index is 11.5. The third-order valence-electron chi connectivity index (χ3n) is 3.52. The summed E-state index contributed by atoms with van der Waals surface area (Å²) in [5.74, 6) is 1.63. The molecule has 0 radical (unpaired) electrons. The molecule has 0 saturated heterocycles. The molecule has 1 aromatic heterocycles. The van der Waals surface area contributed by atoms with Crippen LogP contribution in [-0.2, 0) is 11.2 Å². The Morgan fingerprint density at radius 3 is 3.05 bits per heavy atom. The Labute approximate surface area is 117 Å². The fraction of sp³-hybridized carbons (Fsp3) is 0.333. The van der Waals surface area contributed by atoms with E-state index in [4.69, 9.17) is 4.74 Å². The van der Waals surface area contributed by atoms with Crippen LogP contribution >= 0.6 is 0 Å². The number of nitrogens with zero attached hydrogens (tertiary/aromatic N) is 2. The van der Waals surface area contributed by atoms with E-state index in [2.05, 4.69) is 16.5 Å². The van der Waals surface area contributed by atoms with E-state index in [1.165, 1.54) is 5.56 Å². The van der Waals surface area contributed by atoms with Gasteiger partial charge in [-0.25, -0.2) is 4.98 Å². The number of anilines is 1. The lowest BCUT2D eigenvalue weighted by Crippen LogP contribution is -2.41. The number of aromatic nitrogens is 1. The van der Waals surface area contributed by atoms with E-state index in [-0.39, 0.29) is 5.91 Å². The lowest BCUT2D eigenvalue weighted by atomic mass is 10.1. The van der Waals surface area contributed by atoms with Crippen LogP contribution < -0.4 is 15.2 Å². The molecule has 0 bridgehead atoms. The number of nitrogens with one attached hydrogen (secondary N) is 1. The lowest BCUT2D eigenvalue weighted by molar-refractivity contribution is -0.120. The van der Waals surface area contributed by atoms with E-state index < -0.39 is 0 Å². The van der Waals surface area contributed by atoms with Gasteiger partial charge < -0.3 is 4.74 Å². The van der Waals surface area contributed by atoms with Crippen molar-refractivity contribution in [1.29, 1.82) is 0 Å². The van der Waals surface area contributed by atoms with E-state index in [1.54, 1.807) is 7.11 Å². The van der Waals surface area contributed by atoms with Crippen molar-refractivity contribution in [2.75, 3.05) is 18.7 Å². The molecule has 1 N–H and O–H groups in total. The quantitative estimate of drug-likeness (QED) is 0.928. The van der Waals surface area contributed by atoms with Gasteiger partial charge in [0, 0.05) is 24.4 Å². The molecule has 0 unspecified atom stereocenters. The zero-order valence-electron chi connectivity index (χ0n) is 11.6. The van der Waals surface area contributed by atoms with Crippen LogP contribution in [-0.4, -0.2) is 24.5 Å². The molecule has 2 aromatic rings. The minimum absolute atomic E-state index is 0.00499. The molecular formula is C15H17N3O2. The van der Waals surface area contributed by atoms with E-state index >= 15 is 0 Å². The number of benzene rings is 1. The first-order chi connectivity index (χ1) is 9.71. The molecule has 5 nitrogen and oxygen atoms in total. The Kier molecular flexibility index (Phi) is 3.18. The van der Waals surface area contributed by atoms with Crippen LogP contribution in [0.3, 0.4) is 0 Å². The third kappa shape index (κ3) is 2.15. The predicted molar refractivity (Wildman–Crippen MR) is 77.8 cm³/mol. The number of carbonyl (C=O) groups excluding carboxylic acids is 1. The van der Waals surface area contributed by atoms with Crippen molar-refractivity contribution < 1.29 is 9.53 Å². The van der Waals surface area contributed by atoms with Crippen LogP contribution in [0.25, 0.3) is 10.9 Å². The second-order valence-electron chi connectivity index (χ2n) is 4.82. The lowest BCUT2D eigenvalue weighted by Gasteiger charge is -2.19. The van der Waals surface area contributed by atoms with Gasteiger partial charge in [-0.15, -0.1) is 0 Å². The molecule has 1 aliphatic rings. The first-order valence-electron chi connectivity index (χ1n) is 6.76. The summed E-state index contributed by atoms with van der Waals surface area (Å²) in [6.45, 7) is 2.60. The van der Waals surface area contributed by atoms with Crippen LogP contribution in [0.5, 0.6) is 5.75 Å². The predicted octanol–water partition coefficient (Wildman–Crippen LogP) is 2.05. The van der Waals surface area contributed by atoms with Gasteiger partial charge >= 0.3 is 0 Å². The summed E-state index contributed by atoms with van der Waals surface area (Å²) in [4.78, 5) is 16.2. The molecule has 20 heavy (non-hydrogen) atoms. The Hall–Kier alpha value is -2.30. The van der Waals surface area contributed by atoms with Gasteiger partial charge in [-0.3, -0.25) is 15.2 Å². The Balaban J connectivity index is 2.01. The molecule has 0 aliphatic carbocycles. The molecule has 5 heteroatoms. The van der Waals surface area contributed by atoms with E-state index in [1.807, 2.05) is 30.1 Å². The summed E-state index contributed by atoms with van der Waals surface area (Å²) < 4.78 is 5.23. The zero-order chi connectivity index (χ0) is 14.1. The summed E-state index contributed by atoms with van der Waals surface area (Å²) in [6.07, 6.45) is 1.36. The van der Waals surface area contributed by atoms with Gasteiger partial charge in [0.25, 0.3) is 0 Å². The molecule has 1 aliphatic heterocycles. The van der Waals surface area contributed by atoms with Crippen molar-refractivity contribution >= 4 is 22.6 Å². The minimum atomic E-state index is 0.00499.